The first-order chi connectivity index (χ1) is 13.2. The van der Waals surface area contributed by atoms with Gasteiger partial charge in [0.05, 0.1) is 17.3 Å². The molecule has 0 atom stereocenters. The van der Waals surface area contributed by atoms with Gasteiger partial charge in [-0.3, -0.25) is 0 Å². The molecule has 136 valence electrons. The van der Waals surface area contributed by atoms with E-state index in [1.807, 2.05) is 53.3 Å². The summed E-state index contributed by atoms with van der Waals surface area (Å²) in [6.45, 7) is 1.02. The summed E-state index contributed by atoms with van der Waals surface area (Å²) < 4.78 is 1.81. The number of aromatic nitrogens is 2. The topological polar surface area (TPSA) is 74.0 Å². The summed E-state index contributed by atoms with van der Waals surface area (Å²) in [5.74, 6) is 0. The second kappa shape index (κ2) is 8.68. The molecule has 0 aliphatic rings. The summed E-state index contributed by atoms with van der Waals surface area (Å²) in [4.78, 5) is 13.8. The quantitative estimate of drug-likeness (QED) is 0.735. The van der Waals surface area contributed by atoms with E-state index in [0.717, 1.165) is 23.2 Å². The van der Waals surface area contributed by atoms with Crippen LogP contribution in [0.2, 0.25) is 0 Å². The number of nitrogens with one attached hydrogen (secondary N) is 1. The van der Waals surface area contributed by atoms with E-state index in [1.165, 1.54) is 0 Å². The van der Waals surface area contributed by atoms with Crippen molar-refractivity contribution in [2.24, 2.45) is 0 Å². The van der Waals surface area contributed by atoms with Crippen molar-refractivity contribution in [2.45, 2.75) is 13.0 Å². The van der Waals surface area contributed by atoms with Crippen molar-refractivity contribution in [3.05, 3.63) is 83.7 Å². The molecule has 6 heteroatoms. The molecule has 0 spiro atoms. The molecule has 3 aromatic rings. The molecule has 0 saturated carbocycles. The van der Waals surface area contributed by atoms with Crippen molar-refractivity contribution in [3.8, 4) is 11.8 Å². The number of hydrogen-bond donors (Lipinski definition) is 1. The van der Waals surface area contributed by atoms with Gasteiger partial charge in [0.15, 0.2) is 0 Å². The zero-order valence-electron chi connectivity index (χ0n) is 15.2. The Hall–Kier alpha value is -3.59. The van der Waals surface area contributed by atoms with Crippen LogP contribution in [-0.2, 0) is 13.0 Å². The summed E-state index contributed by atoms with van der Waals surface area (Å²) >= 11 is 0. The van der Waals surface area contributed by atoms with Crippen LogP contribution in [0.1, 0.15) is 16.7 Å². The highest BCUT2D eigenvalue weighted by Crippen LogP contribution is 2.09. The monoisotopic (exact) mass is 359 g/mol. The summed E-state index contributed by atoms with van der Waals surface area (Å²) in [5, 5.41) is 16.1. The van der Waals surface area contributed by atoms with Gasteiger partial charge in [0.1, 0.15) is 0 Å². The maximum absolute atomic E-state index is 12.2. The predicted molar refractivity (Wildman–Crippen MR) is 103 cm³/mol. The van der Waals surface area contributed by atoms with E-state index in [1.54, 1.807) is 30.3 Å². The highest BCUT2D eigenvalue weighted by molar-refractivity contribution is 5.73. The van der Waals surface area contributed by atoms with Gasteiger partial charge in [-0.2, -0.15) is 10.4 Å². The predicted octanol–water partition coefficient (Wildman–Crippen LogP) is 3.13. The number of carbonyl (C=O) groups is 1. The first-order valence-electron chi connectivity index (χ1n) is 8.72. The molecule has 0 unspecified atom stereocenters. The van der Waals surface area contributed by atoms with Crippen LogP contribution >= 0.6 is 0 Å². The number of amides is 2. The van der Waals surface area contributed by atoms with E-state index in [4.69, 9.17) is 5.26 Å². The molecule has 2 aromatic carbocycles. The maximum atomic E-state index is 12.2. The number of carbonyl (C=O) groups excluding carboxylic acids is 1. The molecule has 1 N–H and O–H groups in total. The van der Waals surface area contributed by atoms with Gasteiger partial charge in [0.25, 0.3) is 0 Å². The molecule has 0 aliphatic heterocycles. The fraction of sp³-hybridized carbons (Fsp3) is 0.190. The first kappa shape index (κ1) is 18.2. The van der Waals surface area contributed by atoms with Gasteiger partial charge >= 0.3 is 6.03 Å². The number of nitriles is 1. The zero-order chi connectivity index (χ0) is 19.1. The lowest BCUT2D eigenvalue weighted by molar-refractivity contribution is 0.207. The van der Waals surface area contributed by atoms with E-state index >= 15 is 0 Å². The molecular formula is C21H21N5O. The van der Waals surface area contributed by atoms with Crippen molar-refractivity contribution < 1.29 is 4.79 Å². The Morgan fingerprint density at radius 1 is 1.19 bits per heavy atom. The third-order valence-corrected chi connectivity index (χ3v) is 4.22. The number of rotatable bonds is 6. The van der Waals surface area contributed by atoms with Crippen molar-refractivity contribution in [2.75, 3.05) is 13.6 Å². The maximum Gasteiger partial charge on any atom is 0.317 e. The molecule has 0 radical (unpaired) electrons. The van der Waals surface area contributed by atoms with E-state index in [9.17, 15) is 4.79 Å². The Labute approximate surface area is 158 Å². The molecule has 0 bridgehead atoms. The van der Waals surface area contributed by atoms with Gasteiger partial charge < -0.3 is 10.2 Å². The van der Waals surface area contributed by atoms with Crippen molar-refractivity contribution in [1.82, 2.24) is 20.0 Å². The highest BCUT2D eigenvalue weighted by atomic mass is 16.2. The lowest BCUT2D eigenvalue weighted by atomic mass is 10.1. The normalized spacial score (nSPS) is 10.2. The lowest BCUT2D eigenvalue weighted by Gasteiger charge is -2.18. The number of urea groups is 1. The van der Waals surface area contributed by atoms with Crippen LogP contribution in [0.3, 0.4) is 0 Å². The van der Waals surface area contributed by atoms with Crippen LogP contribution in [0, 0.1) is 11.3 Å². The van der Waals surface area contributed by atoms with E-state index in [2.05, 4.69) is 16.5 Å². The summed E-state index contributed by atoms with van der Waals surface area (Å²) in [6.07, 6.45) is 4.40. The number of benzene rings is 2. The fourth-order valence-electron chi connectivity index (χ4n) is 2.77. The summed E-state index contributed by atoms with van der Waals surface area (Å²) in [5.41, 5.74) is 3.68. The van der Waals surface area contributed by atoms with Crippen LogP contribution in [0.4, 0.5) is 4.79 Å². The molecule has 0 fully saturated rings. The van der Waals surface area contributed by atoms with E-state index in [-0.39, 0.29) is 6.03 Å². The van der Waals surface area contributed by atoms with Gasteiger partial charge in [-0.15, -0.1) is 0 Å². The fourth-order valence-corrected chi connectivity index (χ4v) is 2.77. The van der Waals surface area contributed by atoms with Crippen LogP contribution in [0.5, 0.6) is 0 Å². The van der Waals surface area contributed by atoms with Crippen LogP contribution in [-0.4, -0.2) is 34.3 Å². The SMILES string of the molecule is CN(Cc1cccc(C#N)c1)C(=O)NCCc1ccc(-n2cccn2)cc1. The first-order valence-corrected chi connectivity index (χ1v) is 8.72. The van der Waals surface area contributed by atoms with Gasteiger partial charge in [0.2, 0.25) is 0 Å². The molecular weight excluding hydrogens is 338 g/mol. The second-order valence-electron chi connectivity index (χ2n) is 6.27. The van der Waals surface area contributed by atoms with Crippen molar-refractivity contribution in [1.29, 1.82) is 5.26 Å². The minimum absolute atomic E-state index is 0.134. The molecule has 2 amide bonds. The van der Waals surface area contributed by atoms with E-state index in [0.29, 0.717) is 18.7 Å². The molecule has 1 aromatic heterocycles. The Kier molecular flexibility index (Phi) is 5.85. The Balaban J connectivity index is 1.46. The van der Waals surface area contributed by atoms with Crippen LogP contribution in [0.25, 0.3) is 5.69 Å². The molecule has 0 saturated heterocycles. The van der Waals surface area contributed by atoms with Crippen LogP contribution in [0.15, 0.2) is 67.0 Å². The van der Waals surface area contributed by atoms with Gasteiger partial charge in [-0.1, -0.05) is 24.3 Å². The third kappa shape index (κ3) is 4.95. The molecule has 1 heterocycles. The minimum atomic E-state index is -0.134. The minimum Gasteiger partial charge on any atom is -0.338 e. The standard InChI is InChI=1S/C21H21N5O/c1-25(16-19-5-2-4-18(14-19)15-22)21(27)23-12-10-17-6-8-20(9-7-17)26-13-3-11-24-26/h2-9,11,13-14H,10,12,16H2,1H3,(H,23,27). The van der Waals surface area contributed by atoms with Gasteiger partial charge in [0, 0.05) is 32.5 Å². The zero-order valence-corrected chi connectivity index (χ0v) is 15.2. The molecule has 6 nitrogen and oxygen atoms in total. The van der Waals surface area contributed by atoms with E-state index < -0.39 is 0 Å². The molecule has 27 heavy (non-hydrogen) atoms. The van der Waals surface area contributed by atoms with Gasteiger partial charge in [-0.05, 0) is 47.9 Å². The van der Waals surface area contributed by atoms with Gasteiger partial charge in [-0.25, -0.2) is 9.48 Å². The highest BCUT2D eigenvalue weighted by Gasteiger charge is 2.09. The Morgan fingerprint density at radius 2 is 2.00 bits per heavy atom. The summed E-state index contributed by atoms with van der Waals surface area (Å²) in [6, 6.07) is 19.3. The second-order valence-corrected chi connectivity index (χ2v) is 6.27. The number of nitrogens with zero attached hydrogens (tertiary/aromatic N) is 4. The average molecular weight is 359 g/mol. The third-order valence-electron chi connectivity index (χ3n) is 4.22. The molecule has 3 rings (SSSR count). The smallest absolute Gasteiger partial charge is 0.317 e. The Morgan fingerprint density at radius 3 is 2.70 bits per heavy atom. The molecule has 0 aliphatic carbocycles. The van der Waals surface area contributed by atoms with Crippen LogP contribution < -0.4 is 5.32 Å². The largest absolute Gasteiger partial charge is 0.338 e. The average Bonchev–Trinajstić information content (AvgIpc) is 3.23. The lowest BCUT2D eigenvalue weighted by Crippen LogP contribution is -2.37. The van der Waals surface area contributed by atoms with Crippen molar-refractivity contribution >= 4 is 6.03 Å². The van der Waals surface area contributed by atoms with Crippen molar-refractivity contribution in [3.63, 3.8) is 0 Å². The Bertz CT molecular complexity index is 926. The number of hydrogen-bond acceptors (Lipinski definition) is 3. The summed E-state index contributed by atoms with van der Waals surface area (Å²) in [7, 11) is 1.74.